The third-order valence-electron chi connectivity index (χ3n) is 2.86. The van der Waals surface area contributed by atoms with E-state index in [9.17, 15) is 9.59 Å². The van der Waals surface area contributed by atoms with Gasteiger partial charge in [0.05, 0.1) is 5.69 Å². The van der Waals surface area contributed by atoms with Gasteiger partial charge in [0.15, 0.2) is 0 Å². The number of ether oxygens (including phenoxy) is 2. The lowest BCUT2D eigenvalue weighted by Crippen LogP contribution is -2.24. The van der Waals surface area contributed by atoms with Gasteiger partial charge in [0.1, 0.15) is 17.9 Å². The molecule has 112 valence electrons. The zero-order valence-electron chi connectivity index (χ0n) is 13.0. The molecule has 5 heteroatoms. The van der Waals surface area contributed by atoms with E-state index in [4.69, 9.17) is 9.47 Å². The van der Waals surface area contributed by atoms with Crippen LogP contribution in [0.25, 0.3) is 0 Å². The number of nitrogens with one attached hydrogen (secondary N) is 1. The Balaban J connectivity index is 3.04. The summed E-state index contributed by atoms with van der Waals surface area (Å²) in [5.74, 6) is -0.734. The van der Waals surface area contributed by atoms with E-state index in [0.717, 1.165) is 16.8 Å². The van der Waals surface area contributed by atoms with Gasteiger partial charge in [-0.2, -0.15) is 0 Å². The molecular formula is C15H23NO4. The van der Waals surface area contributed by atoms with Gasteiger partial charge in [-0.3, -0.25) is 4.79 Å². The first-order chi connectivity index (χ1) is 9.15. The largest absolute Gasteiger partial charge is 0.459 e. The molecule has 0 aliphatic heterocycles. The summed E-state index contributed by atoms with van der Waals surface area (Å²) in [6, 6.07) is 0. The molecule has 0 spiro atoms. The molecule has 0 aliphatic rings. The summed E-state index contributed by atoms with van der Waals surface area (Å²) in [7, 11) is 0. The van der Waals surface area contributed by atoms with Crippen LogP contribution in [-0.2, 0) is 27.3 Å². The van der Waals surface area contributed by atoms with E-state index in [-0.39, 0.29) is 18.5 Å². The minimum Gasteiger partial charge on any atom is -0.459 e. The molecule has 0 aliphatic carbocycles. The molecular weight excluding hydrogens is 258 g/mol. The Morgan fingerprint density at radius 3 is 2.30 bits per heavy atom. The van der Waals surface area contributed by atoms with Crippen LogP contribution < -0.4 is 0 Å². The number of aromatic amines is 1. The molecule has 1 aromatic heterocycles. The van der Waals surface area contributed by atoms with Crippen LogP contribution in [0.3, 0.4) is 0 Å². The SMILES string of the molecule is CCc1c(C(=O)OC(C)(C)C)[nH]c(COC(C)=O)c1C. The van der Waals surface area contributed by atoms with Crippen molar-refractivity contribution in [3.05, 3.63) is 22.5 Å². The number of rotatable bonds is 4. The van der Waals surface area contributed by atoms with E-state index >= 15 is 0 Å². The molecule has 0 amide bonds. The molecule has 5 nitrogen and oxygen atoms in total. The third-order valence-corrected chi connectivity index (χ3v) is 2.86. The number of H-pyrrole nitrogens is 1. The van der Waals surface area contributed by atoms with E-state index in [0.29, 0.717) is 12.1 Å². The van der Waals surface area contributed by atoms with Gasteiger partial charge in [0.25, 0.3) is 0 Å². The van der Waals surface area contributed by atoms with E-state index in [2.05, 4.69) is 4.98 Å². The molecule has 0 saturated heterocycles. The second kappa shape index (κ2) is 6.11. The third kappa shape index (κ3) is 4.11. The summed E-state index contributed by atoms with van der Waals surface area (Å²) in [4.78, 5) is 26.1. The molecule has 0 bridgehead atoms. The molecule has 0 aromatic carbocycles. The predicted molar refractivity (Wildman–Crippen MR) is 75.5 cm³/mol. The minimum absolute atomic E-state index is 0.136. The highest BCUT2D eigenvalue weighted by Gasteiger charge is 2.24. The Morgan fingerprint density at radius 1 is 1.25 bits per heavy atom. The Morgan fingerprint density at radius 2 is 1.85 bits per heavy atom. The van der Waals surface area contributed by atoms with Crippen molar-refractivity contribution in [3.8, 4) is 0 Å². The van der Waals surface area contributed by atoms with Crippen molar-refractivity contribution in [2.75, 3.05) is 0 Å². The zero-order chi connectivity index (χ0) is 15.5. The van der Waals surface area contributed by atoms with Crippen LogP contribution in [0.2, 0.25) is 0 Å². The van der Waals surface area contributed by atoms with Gasteiger partial charge < -0.3 is 14.5 Å². The van der Waals surface area contributed by atoms with Crippen LogP contribution in [0, 0.1) is 6.92 Å². The summed E-state index contributed by atoms with van der Waals surface area (Å²) in [5.41, 5.74) is 2.48. The number of carbonyl (C=O) groups excluding carboxylic acids is 2. The molecule has 0 fully saturated rings. The highest BCUT2D eigenvalue weighted by atomic mass is 16.6. The topological polar surface area (TPSA) is 68.4 Å². The van der Waals surface area contributed by atoms with E-state index < -0.39 is 5.60 Å². The van der Waals surface area contributed by atoms with Crippen LogP contribution in [0.4, 0.5) is 0 Å². The van der Waals surface area contributed by atoms with Crippen LogP contribution in [0.1, 0.15) is 61.9 Å². The van der Waals surface area contributed by atoms with Gasteiger partial charge in [-0.25, -0.2) is 4.79 Å². The van der Waals surface area contributed by atoms with E-state index in [1.54, 1.807) is 0 Å². The van der Waals surface area contributed by atoms with Crippen molar-refractivity contribution in [1.82, 2.24) is 4.98 Å². The number of carbonyl (C=O) groups is 2. The lowest BCUT2D eigenvalue weighted by molar-refractivity contribution is -0.142. The van der Waals surface area contributed by atoms with Crippen molar-refractivity contribution in [1.29, 1.82) is 0 Å². The molecule has 1 rings (SSSR count). The lowest BCUT2D eigenvalue weighted by atomic mass is 10.1. The molecule has 1 heterocycles. The van der Waals surface area contributed by atoms with Crippen LogP contribution >= 0.6 is 0 Å². The fraction of sp³-hybridized carbons (Fsp3) is 0.600. The molecule has 0 saturated carbocycles. The summed E-state index contributed by atoms with van der Waals surface area (Å²) < 4.78 is 10.4. The normalized spacial score (nSPS) is 11.3. The van der Waals surface area contributed by atoms with Gasteiger partial charge in [0, 0.05) is 6.92 Å². The van der Waals surface area contributed by atoms with Crippen LogP contribution in [-0.4, -0.2) is 22.5 Å². The predicted octanol–water partition coefficient (Wildman–Crippen LogP) is 2.90. The summed E-state index contributed by atoms with van der Waals surface area (Å²) in [6.45, 7) is 10.8. The quantitative estimate of drug-likeness (QED) is 0.862. The zero-order valence-corrected chi connectivity index (χ0v) is 13.0. The first-order valence-electron chi connectivity index (χ1n) is 6.72. The lowest BCUT2D eigenvalue weighted by Gasteiger charge is -2.19. The summed E-state index contributed by atoms with van der Waals surface area (Å²) in [6.07, 6.45) is 0.705. The monoisotopic (exact) mass is 281 g/mol. The highest BCUT2D eigenvalue weighted by Crippen LogP contribution is 2.22. The number of hydrogen-bond donors (Lipinski definition) is 1. The van der Waals surface area contributed by atoms with Crippen molar-refractivity contribution in [3.63, 3.8) is 0 Å². The van der Waals surface area contributed by atoms with Gasteiger partial charge in [-0.15, -0.1) is 0 Å². The highest BCUT2D eigenvalue weighted by molar-refractivity contribution is 5.90. The van der Waals surface area contributed by atoms with Crippen molar-refractivity contribution < 1.29 is 19.1 Å². The second-order valence-electron chi connectivity index (χ2n) is 5.72. The van der Waals surface area contributed by atoms with Gasteiger partial charge in [-0.1, -0.05) is 6.92 Å². The fourth-order valence-corrected chi connectivity index (χ4v) is 1.95. The molecule has 1 aromatic rings. The average molecular weight is 281 g/mol. The maximum absolute atomic E-state index is 12.2. The maximum atomic E-state index is 12.2. The van der Waals surface area contributed by atoms with E-state index in [1.807, 2.05) is 34.6 Å². The van der Waals surface area contributed by atoms with E-state index in [1.165, 1.54) is 6.92 Å². The molecule has 20 heavy (non-hydrogen) atoms. The maximum Gasteiger partial charge on any atom is 0.355 e. The van der Waals surface area contributed by atoms with Crippen molar-refractivity contribution in [2.24, 2.45) is 0 Å². The molecule has 0 radical (unpaired) electrons. The van der Waals surface area contributed by atoms with Crippen molar-refractivity contribution in [2.45, 2.75) is 60.2 Å². The smallest absolute Gasteiger partial charge is 0.355 e. The molecule has 0 unspecified atom stereocenters. The van der Waals surface area contributed by atoms with Crippen LogP contribution in [0.5, 0.6) is 0 Å². The van der Waals surface area contributed by atoms with Crippen LogP contribution in [0.15, 0.2) is 0 Å². The average Bonchev–Trinajstić information content (AvgIpc) is 2.61. The Bertz CT molecular complexity index is 509. The van der Waals surface area contributed by atoms with Gasteiger partial charge >= 0.3 is 11.9 Å². The number of hydrogen-bond acceptors (Lipinski definition) is 4. The Kier molecular flexibility index (Phi) is 4.98. The summed E-state index contributed by atoms with van der Waals surface area (Å²) in [5, 5.41) is 0. The first-order valence-corrected chi connectivity index (χ1v) is 6.72. The summed E-state index contributed by atoms with van der Waals surface area (Å²) >= 11 is 0. The first kappa shape index (κ1) is 16.3. The van der Waals surface area contributed by atoms with Crippen molar-refractivity contribution >= 4 is 11.9 Å². The minimum atomic E-state index is -0.544. The molecule has 1 N–H and O–H groups in total. The fourth-order valence-electron chi connectivity index (χ4n) is 1.95. The number of aromatic nitrogens is 1. The number of esters is 2. The molecule has 0 atom stereocenters. The second-order valence-corrected chi connectivity index (χ2v) is 5.72. The standard InChI is InChI=1S/C15H23NO4/c1-7-11-9(2)12(8-19-10(3)17)16-13(11)14(18)20-15(4,5)6/h16H,7-8H2,1-6H3. The Hall–Kier alpha value is -1.78. The Labute approximate surface area is 119 Å². The van der Waals surface area contributed by atoms with Gasteiger partial charge in [0.2, 0.25) is 0 Å². The van der Waals surface area contributed by atoms with Gasteiger partial charge in [-0.05, 0) is 45.2 Å².